The number of amides is 1. The van der Waals surface area contributed by atoms with Crippen LogP contribution in [0.1, 0.15) is 10.6 Å². The van der Waals surface area contributed by atoms with Gasteiger partial charge in [-0.15, -0.1) is 0 Å². The highest BCUT2D eigenvalue weighted by Gasteiger charge is 2.14. The average Bonchev–Trinajstić information content (AvgIpc) is 3.01. The van der Waals surface area contributed by atoms with Crippen molar-refractivity contribution in [1.29, 1.82) is 0 Å². The quantitative estimate of drug-likeness (QED) is 0.766. The van der Waals surface area contributed by atoms with Crippen molar-refractivity contribution < 1.29 is 22.4 Å². The third kappa shape index (κ3) is 3.26. The minimum atomic E-state index is -0.885. The number of rotatable bonds is 3. The minimum Gasteiger partial charge on any atom is -0.451 e. The van der Waals surface area contributed by atoms with E-state index in [0.29, 0.717) is 17.4 Å². The SMILES string of the molecule is O=C(Nc1ccc(F)cc1F)c1ccc(-c2ccc(F)cc2)o1. The first-order chi connectivity index (χ1) is 11.0. The largest absolute Gasteiger partial charge is 0.451 e. The molecule has 116 valence electrons. The number of hydrogen-bond acceptors (Lipinski definition) is 2. The molecule has 1 N–H and O–H groups in total. The number of benzene rings is 2. The summed E-state index contributed by atoms with van der Waals surface area (Å²) in [5, 5.41) is 2.29. The summed E-state index contributed by atoms with van der Waals surface area (Å²) < 4.78 is 44.6. The Morgan fingerprint density at radius 1 is 0.870 bits per heavy atom. The van der Waals surface area contributed by atoms with Gasteiger partial charge in [-0.2, -0.15) is 0 Å². The van der Waals surface area contributed by atoms with Crippen molar-refractivity contribution in [1.82, 2.24) is 0 Å². The Morgan fingerprint density at radius 2 is 1.57 bits per heavy atom. The number of anilines is 1. The van der Waals surface area contributed by atoms with E-state index in [1.807, 2.05) is 0 Å². The second-order valence-corrected chi connectivity index (χ2v) is 4.75. The molecule has 3 aromatic rings. The number of halogens is 3. The number of carbonyl (C=O) groups is 1. The summed E-state index contributed by atoms with van der Waals surface area (Å²) in [6, 6.07) is 11.3. The van der Waals surface area contributed by atoms with E-state index in [1.54, 1.807) is 6.07 Å². The van der Waals surface area contributed by atoms with Crippen LogP contribution in [0.2, 0.25) is 0 Å². The van der Waals surface area contributed by atoms with Crippen LogP contribution in [-0.4, -0.2) is 5.91 Å². The van der Waals surface area contributed by atoms with Crippen molar-refractivity contribution in [2.75, 3.05) is 5.32 Å². The molecule has 0 spiro atoms. The van der Waals surface area contributed by atoms with Crippen LogP contribution < -0.4 is 5.32 Å². The predicted octanol–water partition coefficient (Wildman–Crippen LogP) is 4.62. The maximum Gasteiger partial charge on any atom is 0.291 e. The van der Waals surface area contributed by atoms with Gasteiger partial charge in [0.15, 0.2) is 5.76 Å². The lowest BCUT2D eigenvalue weighted by molar-refractivity contribution is 0.0997. The Morgan fingerprint density at radius 3 is 2.26 bits per heavy atom. The van der Waals surface area contributed by atoms with Crippen molar-refractivity contribution in [2.45, 2.75) is 0 Å². The van der Waals surface area contributed by atoms with E-state index < -0.39 is 17.5 Å². The smallest absolute Gasteiger partial charge is 0.291 e. The molecule has 0 aliphatic heterocycles. The van der Waals surface area contributed by atoms with Crippen LogP contribution in [0, 0.1) is 17.5 Å². The maximum atomic E-state index is 13.5. The normalized spacial score (nSPS) is 10.6. The molecule has 0 bridgehead atoms. The van der Waals surface area contributed by atoms with E-state index >= 15 is 0 Å². The number of carbonyl (C=O) groups excluding carboxylic acids is 1. The van der Waals surface area contributed by atoms with Gasteiger partial charge in [0.25, 0.3) is 5.91 Å². The number of hydrogen-bond donors (Lipinski definition) is 1. The summed E-state index contributed by atoms with van der Waals surface area (Å²) in [6.07, 6.45) is 0. The highest BCUT2D eigenvalue weighted by atomic mass is 19.1. The van der Waals surface area contributed by atoms with Crippen LogP contribution in [0.15, 0.2) is 59.0 Å². The molecule has 3 rings (SSSR count). The first kappa shape index (κ1) is 14.9. The molecule has 0 saturated heterocycles. The summed E-state index contributed by atoms with van der Waals surface area (Å²) in [5.74, 6) is -2.36. The van der Waals surface area contributed by atoms with E-state index in [4.69, 9.17) is 4.42 Å². The summed E-state index contributed by atoms with van der Waals surface area (Å²) in [5.41, 5.74) is 0.439. The number of nitrogens with one attached hydrogen (secondary N) is 1. The molecule has 0 unspecified atom stereocenters. The Kier molecular flexibility index (Phi) is 3.89. The van der Waals surface area contributed by atoms with Crippen molar-refractivity contribution in [3.05, 3.63) is 77.8 Å². The van der Waals surface area contributed by atoms with Gasteiger partial charge in [-0.25, -0.2) is 13.2 Å². The molecule has 1 heterocycles. The van der Waals surface area contributed by atoms with Crippen molar-refractivity contribution in [3.63, 3.8) is 0 Å². The summed E-state index contributed by atoms with van der Waals surface area (Å²) in [7, 11) is 0. The third-order valence-electron chi connectivity index (χ3n) is 3.14. The fourth-order valence-corrected chi connectivity index (χ4v) is 2.00. The molecular formula is C17H10F3NO2. The second kappa shape index (κ2) is 6.00. The van der Waals surface area contributed by atoms with E-state index in [1.165, 1.54) is 30.3 Å². The van der Waals surface area contributed by atoms with Gasteiger partial charge in [-0.1, -0.05) is 0 Å². The molecule has 2 aromatic carbocycles. The van der Waals surface area contributed by atoms with Gasteiger partial charge >= 0.3 is 0 Å². The van der Waals surface area contributed by atoms with Crippen molar-refractivity contribution in [3.8, 4) is 11.3 Å². The van der Waals surface area contributed by atoms with Gasteiger partial charge in [-0.05, 0) is 48.5 Å². The van der Waals surface area contributed by atoms with Crippen molar-refractivity contribution >= 4 is 11.6 Å². The van der Waals surface area contributed by atoms with Gasteiger partial charge < -0.3 is 9.73 Å². The molecule has 0 fully saturated rings. The lowest BCUT2D eigenvalue weighted by Gasteiger charge is -2.04. The Labute approximate surface area is 129 Å². The topological polar surface area (TPSA) is 42.2 Å². The van der Waals surface area contributed by atoms with Gasteiger partial charge in [0.05, 0.1) is 5.69 Å². The Bertz CT molecular complexity index is 857. The van der Waals surface area contributed by atoms with Gasteiger partial charge in [0, 0.05) is 11.6 Å². The van der Waals surface area contributed by atoms with Gasteiger partial charge in [0.1, 0.15) is 23.2 Å². The molecule has 23 heavy (non-hydrogen) atoms. The van der Waals surface area contributed by atoms with Crippen LogP contribution in [0.4, 0.5) is 18.9 Å². The minimum absolute atomic E-state index is 0.0481. The molecule has 6 heteroatoms. The molecular weight excluding hydrogens is 307 g/mol. The standard InChI is InChI=1S/C17H10F3NO2/c18-11-3-1-10(2-4-11)15-7-8-16(23-15)17(22)21-14-6-5-12(19)9-13(14)20/h1-9H,(H,21,22). The molecule has 0 atom stereocenters. The molecule has 0 aliphatic rings. The van der Waals surface area contributed by atoms with Crippen molar-refractivity contribution in [2.24, 2.45) is 0 Å². The fraction of sp³-hybridized carbons (Fsp3) is 0. The first-order valence-corrected chi connectivity index (χ1v) is 6.65. The zero-order valence-corrected chi connectivity index (χ0v) is 11.6. The molecule has 3 nitrogen and oxygen atoms in total. The monoisotopic (exact) mass is 317 g/mol. The van der Waals surface area contributed by atoms with Crippen LogP contribution in [0.3, 0.4) is 0 Å². The lowest BCUT2D eigenvalue weighted by atomic mass is 10.2. The Hall–Kier alpha value is -3.02. The van der Waals surface area contributed by atoms with Gasteiger partial charge in [-0.3, -0.25) is 4.79 Å². The van der Waals surface area contributed by atoms with Crippen LogP contribution >= 0.6 is 0 Å². The molecule has 1 amide bonds. The highest BCUT2D eigenvalue weighted by molar-refractivity contribution is 6.02. The van der Waals surface area contributed by atoms with Crippen LogP contribution in [0.5, 0.6) is 0 Å². The fourth-order valence-electron chi connectivity index (χ4n) is 2.00. The van der Waals surface area contributed by atoms with E-state index in [2.05, 4.69) is 5.32 Å². The maximum absolute atomic E-state index is 13.5. The van der Waals surface area contributed by atoms with Crippen LogP contribution in [0.25, 0.3) is 11.3 Å². The van der Waals surface area contributed by atoms with Crippen LogP contribution in [-0.2, 0) is 0 Å². The first-order valence-electron chi connectivity index (χ1n) is 6.65. The average molecular weight is 317 g/mol. The number of furan rings is 1. The lowest BCUT2D eigenvalue weighted by Crippen LogP contribution is -2.12. The van der Waals surface area contributed by atoms with E-state index in [9.17, 15) is 18.0 Å². The summed E-state index contributed by atoms with van der Waals surface area (Å²) in [4.78, 5) is 12.0. The Balaban J connectivity index is 1.79. The van der Waals surface area contributed by atoms with Gasteiger partial charge in [0.2, 0.25) is 0 Å². The third-order valence-corrected chi connectivity index (χ3v) is 3.14. The predicted molar refractivity (Wildman–Crippen MR) is 78.4 cm³/mol. The zero-order chi connectivity index (χ0) is 16.4. The molecule has 0 aliphatic carbocycles. The second-order valence-electron chi connectivity index (χ2n) is 4.75. The molecule has 1 aromatic heterocycles. The zero-order valence-electron chi connectivity index (χ0n) is 11.6. The highest BCUT2D eigenvalue weighted by Crippen LogP contribution is 2.23. The van der Waals surface area contributed by atoms with E-state index in [0.717, 1.165) is 12.1 Å². The summed E-state index contributed by atoms with van der Waals surface area (Å²) >= 11 is 0. The molecule has 0 saturated carbocycles. The summed E-state index contributed by atoms with van der Waals surface area (Å²) in [6.45, 7) is 0. The molecule has 0 radical (unpaired) electrons. The van der Waals surface area contributed by atoms with E-state index in [-0.39, 0.29) is 17.3 Å².